The van der Waals surface area contributed by atoms with Crippen molar-refractivity contribution in [2.75, 3.05) is 19.6 Å². The summed E-state index contributed by atoms with van der Waals surface area (Å²) in [5.74, 6) is 0.210. The lowest BCUT2D eigenvalue weighted by Crippen LogP contribution is -2.44. The first-order chi connectivity index (χ1) is 8.78. The second kappa shape index (κ2) is 5.04. The van der Waals surface area contributed by atoms with Crippen molar-refractivity contribution in [3.8, 4) is 5.75 Å². The molecule has 1 aromatic rings. The summed E-state index contributed by atoms with van der Waals surface area (Å²) in [4.78, 5) is 1.46. The van der Waals surface area contributed by atoms with Crippen LogP contribution in [-0.4, -0.2) is 35.8 Å². The summed E-state index contributed by atoms with van der Waals surface area (Å²) < 4.78 is 37.0. The topological polar surface area (TPSA) is 23.5 Å². The van der Waals surface area contributed by atoms with Crippen LogP contribution >= 0.6 is 0 Å². The number of aromatic hydroxyl groups is 1. The van der Waals surface area contributed by atoms with Crippen molar-refractivity contribution in [3.63, 3.8) is 0 Å². The molecule has 1 N–H and O–H groups in total. The van der Waals surface area contributed by atoms with E-state index in [9.17, 15) is 18.3 Å². The van der Waals surface area contributed by atoms with Crippen molar-refractivity contribution in [2.24, 2.45) is 0 Å². The van der Waals surface area contributed by atoms with Crippen LogP contribution < -0.4 is 0 Å². The lowest BCUT2D eigenvalue weighted by molar-refractivity contribution is -0.149. The summed E-state index contributed by atoms with van der Waals surface area (Å²) >= 11 is 0. The minimum atomic E-state index is -4.12. The van der Waals surface area contributed by atoms with E-state index in [0.29, 0.717) is 25.9 Å². The number of phenols is 1. The minimum Gasteiger partial charge on any atom is -0.508 e. The number of hydrogen-bond donors (Lipinski definition) is 1. The van der Waals surface area contributed by atoms with Gasteiger partial charge in [0.1, 0.15) is 5.75 Å². The highest BCUT2D eigenvalue weighted by molar-refractivity contribution is 5.31. The fourth-order valence-electron chi connectivity index (χ4n) is 2.61. The number of nitrogens with zero attached hydrogens (tertiary/aromatic N) is 1. The van der Waals surface area contributed by atoms with Crippen LogP contribution in [0.2, 0.25) is 0 Å². The molecule has 2 nitrogen and oxygen atoms in total. The van der Waals surface area contributed by atoms with Gasteiger partial charge in [-0.2, -0.15) is 13.2 Å². The molecule has 19 heavy (non-hydrogen) atoms. The van der Waals surface area contributed by atoms with Crippen LogP contribution in [0, 0.1) is 0 Å². The Morgan fingerprint density at radius 1 is 1.16 bits per heavy atom. The molecule has 1 heterocycles. The number of benzene rings is 1. The third-order valence-electron chi connectivity index (χ3n) is 3.93. The maximum absolute atomic E-state index is 12.3. The zero-order chi connectivity index (χ0) is 14.1. The summed E-state index contributed by atoms with van der Waals surface area (Å²) in [5, 5.41) is 9.28. The Labute approximate surface area is 110 Å². The van der Waals surface area contributed by atoms with E-state index in [2.05, 4.69) is 6.92 Å². The normalized spacial score (nSPS) is 20.4. The van der Waals surface area contributed by atoms with Crippen LogP contribution in [0.25, 0.3) is 0 Å². The molecule has 1 fully saturated rings. The SMILES string of the molecule is CC1(c2ccc(O)cc2)CCN(CC(F)(F)F)CC1. The zero-order valence-corrected chi connectivity index (χ0v) is 10.9. The standard InChI is InChI=1S/C14H18F3NO/c1-13(11-2-4-12(19)5-3-11)6-8-18(9-7-13)10-14(15,16)17/h2-5,19H,6-10H2,1H3. The predicted molar refractivity (Wildman–Crippen MR) is 67.2 cm³/mol. The maximum atomic E-state index is 12.3. The van der Waals surface area contributed by atoms with E-state index in [-0.39, 0.29) is 11.2 Å². The first-order valence-electron chi connectivity index (χ1n) is 6.37. The van der Waals surface area contributed by atoms with Gasteiger partial charge in [-0.25, -0.2) is 0 Å². The van der Waals surface area contributed by atoms with Crippen LogP contribution in [-0.2, 0) is 5.41 Å². The molecule has 5 heteroatoms. The maximum Gasteiger partial charge on any atom is 0.401 e. The van der Waals surface area contributed by atoms with Gasteiger partial charge in [-0.3, -0.25) is 4.90 Å². The molecule has 0 radical (unpaired) electrons. The van der Waals surface area contributed by atoms with Crippen molar-refractivity contribution in [1.29, 1.82) is 0 Å². The Hall–Kier alpha value is -1.23. The lowest BCUT2D eigenvalue weighted by Gasteiger charge is -2.40. The quantitative estimate of drug-likeness (QED) is 0.893. The van der Waals surface area contributed by atoms with Gasteiger partial charge in [0.2, 0.25) is 0 Å². The Morgan fingerprint density at radius 3 is 2.16 bits per heavy atom. The molecular weight excluding hydrogens is 255 g/mol. The average molecular weight is 273 g/mol. The molecule has 0 unspecified atom stereocenters. The average Bonchev–Trinajstić information content (AvgIpc) is 2.31. The Bertz CT molecular complexity index is 419. The highest BCUT2D eigenvalue weighted by Crippen LogP contribution is 2.36. The van der Waals surface area contributed by atoms with Crippen LogP contribution in [0.3, 0.4) is 0 Å². The van der Waals surface area contributed by atoms with Gasteiger partial charge in [-0.15, -0.1) is 0 Å². The van der Waals surface area contributed by atoms with Crippen molar-refractivity contribution >= 4 is 0 Å². The predicted octanol–water partition coefficient (Wildman–Crippen LogP) is 3.31. The summed E-state index contributed by atoms with van der Waals surface area (Å²) in [6, 6.07) is 6.97. The summed E-state index contributed by atoms with van der Waals surface area (Å²) in [7, 11) is 0. The van der Waals surface area contributed by atoms with E-state index in [1.54, 1.807) is 12.1 Å². The Morgan fingerprint density at radius 2 is 1.68 bits per heavy atom. The largest absolute Gasteiger partial charge is 0.508 e. The molecule has 1 aromatic carbocycles. The van der Waals surface area contributed by atoms with Gasteiger partial charge in [-0.05, 0) is 49.0 Å². The second-order valence-electron chi connectivity index (χ2n) is 5.50. The molecule has 0 spiro atoms. The minimum absolute atomic E-state index is 0.101. The van der Waals surface area contributed by atoms with Crippen molar-refractivity contribution in [2.45, 2.75) is 31.4 Å². The van der Waals surface area contributed by atoms with E-state index in [1.807, 2.05) is 12.1 Å². The molecular formula is C14H18F3NO. The Kier molecular flexibility index (Phi) is 3.76. The van der Waals surface area contributed by atoms with Gasteiger partial charge in [-0.1, -0.05) is 19.1 Å². The molecule has 0 saturated carbocycles. The van der Waals surface area contributed by atoms with Gasteiger partial charge >= 0.3 is 6.18 Å². The van der Waals surface area contributed by atoms with Crippen LogP contribution in [0.1, 0.15) is 25.3 Å². The third-order valence-corrected chi connectivity index (χ3v) is 3.93. The number of likely N-dealkylation sites (tertiary alicyclic amines) is 1. The Balaban J connectivity index is 2.00. The first-order valence-corrected chi connectivity index (χ1v) is 6.37. The number of hydrogen-bond acceptors (Lipinski definition) is 2. The molecule has 0 aliphatic carbocycles. The molecule has 1 saturated heterocycles. The zero-order valence-electron chi connectivity index (χ0n) is 10.9. The number of halogens is 3. The number of piperidine rings is 1. The summed E-state index contributed by atoms with van der Waals surface area (Å²) in [6.07, 6.45) is -2.71. The highest BCUT2D eigenvalue weighted by Gasteiger charge is 2.36. The van der Waals surface area contributed by atoms with E-state index in [4.69, 9.17) is 0 Å². The second-order valence-corrected chi connectivity index (χ2v) is 5.50. The fourth-order valence-corrected chi connectivity index (χ4v) is 2.61. The van der Waals surface area contributed by atoms with Gasteiger partial charge in [0.25, 0.3) is 0 Å². The van der Waals surface area contributed by atoms with E-state index in [1.165, 1.54) is 4.90 Å². The van der Waals surface area contributed by atoms with Gasteiger partial charge in [0.15, 0.2) is 0 Å². The van der Waals surface area contributed by atoms with Crippen molar-refractivity contribution < 1.29 is 18.3 Å². The third kappa shape index (κ3) is 3.62. The van der Waals surface area contributed by atoms with Gasteiger partial charge in [0, 0.05) is 0 Å². The first kappa shape index (κ1) is 14.2. The molecule has 0 amide bonds. The molecule has 1 aliphatic heterocycles. The van der Waals surface area contributed by atoms with Crippen LogP contribution in [0.15, 0.2) is 24.3 Å². The number of rotatable bonds is 2. The summed E-state index contributed by atoms with van der Waals surface area (Å²) in [6.45, 7) is 2.16. The lowest BCUT2D eigenvalue weighted by atomic mass is 9.74. The van der Waals surface area contributed by atoms with Crippen LogP contribution in [0.5, 0.6) is 5.75 Å². The molecule has 2 rings (SSSR count). The smallest absolute Gasteiger partial charge is 0.401 e. The van der Waals surface area contributed by atoms with Gasteiger partial charge in [0.05, 0.1) is 6.54 Å². The fraction of sp³-hybridized carbons (Fsp3) is 0.571. The monoisotopic (exact) mass is 273 g/mol. The molecule has 0 atom stereocenters. The summed E-state index contributed by atoms with van der Waals surface area (Å²) in [5.41, 5.74) is 0.979. The molecule has 0 aromatic heterocycles. The molecule has 0 bridgehead atoms. The van der Waals surface area contributed by atoms with E-state index >= 15 is 0 Å². The highest BCUT2D eigenvalue weighted by atomic mass is 19.4. The van der Waals surface area contributed by atoms with Crippen LogP contribution in [0.4, 0.5) is 13.2 Å². The van der Waals surface area contributed by atoms with E-state index < -0.39 is 12.7 Å². The molecule has 1 aliphatic rings. The molecule has 106 valence electrons. The van der Waals surface area contributed by atoms with Gasteiger partial charge < -0.3 is 5.11 Å². The van der Waals surface area contributed by atoms with Crippen molar-refractivity contribution in [3.05, 3.63) is 29.8 Å². The number of alkyl halides is 3. The number of phenolic OH excluding ortho intramolecular Hbond substituents is 1. The van der Waals surface area contributed by atoms with E-state index in [0.717, 1.165) is 5.56 Å². The van der Waals surface area contributed by atoms with Crippen molar-refractivity contribution in [1.82, 2.24) is 4.90 Å².